The van der Waals surface area contributed by atoms with Gasteiger partial charge < -0.3 is 9.64 Å². The minimum Gasteiger partial charge on any atom is -0.449 e. The van der Waals surface area contributed by atoms with E-state index in [0.717, 1.165) is 22.0 Å². The van der Waals surface area contributed by atoms with Gasteiger partial charge in [-0.25, -0.2) is 17.5 Å². The van der Waals surface area contributed by atoms with Gasteiger partial charge in [0, 0.05) is 26.3 Å². The van der Waals surface area contributed by atoms with E-state index in [-0.39, 0.29) is 16.4 Å². The molecular formula is C20H22N2O5S. The maximum Gasteiger partial charge on any atom is 0.338 e. The molecule has 0 N–H and O–H groups in total. The van der Waals surface area contributed by atoms with Gasteiger partial charge in [0.1, 0.15) is 0 Å². The molecule has 1 atom stereocenters. The Kier molecular flexibility index (Phi) is 5.53. The van der Waals surface area contributed by atoms with Crippen LogP contribution in [-0.2, 0) is 26.0 Å². The molecule has 0 saturated heterocycles. The van der Waals surface area contributed by atoms with Gasteiger partial charge in [-0.2, -0.15) is 0 Å². The summed E-state index contributed by atoms with van der Waals surface area (Å²) < 4.78 is 30.6. The van der Waals surface area contributed by atoms with E-state index >= 15 is 0 Å². The van der Waals surface area contributed by atoms with Gasteiger partial charge >= 0.3 is 5.97 Å². The Hall–Kier alpha value is -2.71. The van der Waals surface area contributed by atoms with Crippen LogP contribution in [0.25, 0.3) is 0 Å². The molecule has 2 aromatic carbocycles. The van der Waals surface area contributed by atoms with E-state index in [0.29, 0.717) is 6.54 Å². The van der Waals surface area contributed by atoms with Crippen molar-refractivity contribution in [3.63, 3.8) is 0 Å². The molecule has 1 aliphatic heterocycles. The molecule has 148 valence electrons. The molecule has 0 spiro atoms. The SMILES string of the molecule is C[C@H](OC(=O)c1ccc(S(=O)(=O)N(C)C)cc1)C(=O)N1CCc2ccccc21. The van der Waals surface area contributed by atoms with Gasteiger partial charge in [0.2, 0.25) is 10.0 Å². The number of ether oxygens (including phenoxy) is 1. The van der Waals surface area contributed by atoms with Crippen molar-refractivity contribution in [1.29, 1.82) is 0 Å². The fourth-order valence-electron chi connectivity index (χ4n) is 3.04. The number of hydrogen-bond donors (Lipinski definition) is 0. The largest absolute Gasteiger partial charge is 0.449 e. The Morgan fingerprint density at radius 2 is 1.71 bits per heavy atom. The second kappa shape index (κ2) is 7.73. The highest BCUT2D eigenvalue weighted by Gasteiger charge is 2.30. The Bertz CT molecular complexity index is 1000. The van der Waals surface area contributed by atoms with Crippen molar-refractivity contribution in [2.75, 3.05) is 25.5 Å². The van der Waals surface area contributed by atoms with Crippen LogP contribution in [0.4, 0.5) is 5.69 Å². The van der Waals surface area contributed by atoms with Crippen LogP contribution in [0.1, 0.15) is 22.8 Å². The maximum absolute atomic E-state index is 12.7. The summed E-state index contributed by atoms with van der Waals surface area (Å²) in [5.41, 5.74) is 2.11. The van der Waals surface area contributed by atoms with E-state index < -0.39 is 22.1 Å². The molecule has 8 heteroatoms. The van der Waals surface area contributed by atoms with Crippen LogP contribution in [0.2, 0.25) is 0 Å². The summed E-state index contributed by atoms with van der Waals surface area (Å²) in [6.45, 7) is 2.09. The number of para-hydroxylation sites is 1. The molecule has 0 aliphatic carbocycles. The molecule has 1 heterocycles. The fourth-order valence-corrected chi connectivity index (χ4v) is 3.94. The summed E-state index contributed by atoms with van der Waals surface area (Å²) in [5, 5.41) is 0. The van der Waals surface area contributed by atoms with Crippen molar-refractivity contribution in [2.45, 2.75) is 24.3 Å². The van der Waals surface area contributed by atoms with Crippen molar-refractivity contribution in [3.8, 4) is 0 Å². The second-order valence-corrected chi connectivity index (χ2v) is 8.88. The summed E-state index contributed by atoms with van der Waals surface area (Å²) >= 11 is 0. The number of nitrogens with zero attached hydrogens (tertiary/aromatic N) is 2. The quantitative estimate of drug-likeness (QED) is 0.715. The molecule has 0 fully saturated rings. The molecule has 3 rings (SSSR count). The van der Waals surface area contributed by atoms with Crippen molar-refractivity contribution in [3.05, 3.63) is 59.7 Å². The molecule has 0 radical (unpaired) electrons. The number of amides is 1. The predicted molar refractivity (Wildman–Crippen MR) is 105 cm³/mol. The van der Waals surface area contributed by atoms with Crippen molar-refractivity contribution >= 4 is 27.6 Å². The van der Waals surface area contributed by atoms with Gasteiger partial charge in [0.25, 0.3) is 5.91 Å². The maximum atomic E-state index is 12.7. The first-order valence-corrected chi connectivity index (χ1v) is 10.3. The molecule has 1 aliphatic rings. The average Bonchev–Trinajstić information content (AvgIpc) is 3.11. The third kappa shape index (κ3) is 3.79. The van der Waals surface area contributed by atoms with Crippen LogP contribution in [-0.4, -0.2) is 51.3 Å². The Morgan fingerprint density at radius 1 is 1.07 bits per heavy atom. The van der Waals surface area contributed by atoms with Gasteiger partial charge in [-0.3, -0.25) is 4.79 Å². The normalized spacial score (nSPS) is 14.6. The van der Waals surface area contributed by atoms with Crippen molar-refractivity contribution in [1.82, 2.24) is 4.31 Å². The molecule has 0 aromatic heterocycles. The van der Waals surface area contributed by atoms with E-state index in [1.54, 1.807) is 4.90 Å². The summed E-state index contributed by atoms with van der Waals surface area (Å²) in [6.07, 6.45) is -0.187. The van der Waals surface area contributed by atoms with Crippen molar-refractivity contribution in [2.24, 2.45) is 0 Å². The van der Waals surface area contributed by atoms with Crippen LogP contribution in [0, 0.1) is 0 Å². The lowest BCUT2D eigenvalue weighted by atomic mass is 10.2. The van der Waals surface area contributed by atoms with Crippen molar-refractivity contribution < 1.29 is 22.7 Å². The number of rotatable bonds is 5. The highest BCUT2D eigenvalue weighted by Crippen LogP contribution is 2.28. The monoisotopic (exact) mass is 402 g/mol. The van der Waals surface area contributed by atoms with Crippen LogP contribution in [0.5, 0.6) is 0 Å². The Morgan fingerprint density at radius 3 is 2.36 bits per heavy atom. The zero-order valence-corrected chi connectivity index (χ0v) is 16.8. The predicted octanol–water partition coefficient (Wildman–Crippen LogP) is 2.07. The standard InChI is InChI=1S/C20H22N2O5S/c1-14(19(23)22-13-12-15-6-4-5-7-18(15)22)27-20(24)16-8-10-17(11-9-16)28(25,26)21(2)3/h4-11,14H,12-13H2,1-3H3/t14-/m0/s1. The van der Waals surface area contributed by atoms with Gasteiger partial charge in [-0.05, 0) is 49.2 Å². The molecule has 7 nitrogen and oxygen atoms in total. The van der Waals surface area contributed by atoms with Crippen LogP contribution in [0.3, 0.4) is 0 Å². The Balaban J connectivity index is 1.69. The smallest absolute Gasteiger partial charge is 0.338 e. The lowest BCUT2D eigenvalue weighted by Gasteiger charge is -2.21. The molecule has 0 unspecified atom stereocenters. The lowest BCUT2D eigenvalue weighted by molar-refractivity contribution is -0.126. The summed E-state index contributed by atoms with van der Waals surface area (Å²) in [6, 6.07) is 13.1. The molecule has 28 heavy (non-hydrogen) atoms. The van der Waals surface area contributed by atoms with Crippen LogP contribution < -0.4 is 4.90 Å². The number of hydrogen-bond acceptors (Lipinski definition) is 5. The highest BCUT2D eigenvalue weighted by atomic mass is 32.2. The summed E-state index contributed by atoms with van der Waals surface area (Å²) in [5.74, 6) is -0.966. The first-order valence-electron chi connectivity index (χ1n) is 8.84. The van der Waals surface area contributed by atoms with E-state index in [2.05, 4.69) is 0 Å². The van der Waals surface area contributed by atoms with Gasteiger partial charge in [-0.15, -0.1) is 0 Å². The number of anilines is 1. The summed E-state index contributed by atoms with van der Waals surface area (Å²) in [4.78, 5) is 26.8. The number of carbonyl (C=O) groups excluding carboxylic acids is 2. The highest BCUT2D eigenvalue weighted by molar-refractivity contribution is 7.89. The van der Waals surface area contributed by atoms with E-state index in [4.69, 9.17) is 4.74 Å². The average molecular weight is 402 g/mol. The number of benzene rings is 2. The fraction of sp³-hybridized carbons (Fsp3) is 0.300. The third-order valence-electron chi connectivity index (χ3n) is 4.65. The number of fused-ring (bicyclic) bond motifs is 1. The molecule has 2 aromatic rings. The van der Waals surface area contributed by atoms with Gasteiger partial charge in [0.05, 0.1) is 10.5 Å². The third-order valence-corrected chi connectivity index (χ3v) is 6.48. The topological polar surface area (TPSA) is 84.0 Å². The first kappa shape index (κ1) is 20.0. The number of sulfonamides is 1. The molecular weight excluding hydrogens is 380 g/mol. The number of carbonyl (C=O) groups is 2. The lowest BCUT2D eigenvalue weighted by Crippen LogP contribution is -2.39. The second-order valence-electron chi connectivity index (χ2n) is 6.73. The molecule has 0 bridgehead atoms. The first-order chi connectivity index (χ1) is 13.2. The molecule has 0 saturated carbocycles. The van der Waals surface area contributed by atoms with Gasteiger partial charge in [0.15, 0.2) is 6.10 Å². The van der Waals surface area contributed by atoms with Gasteiger partial charge in [-0.1, -0.05) is 18.2 Å². The zero-order valence-electron chi connectivity index (χ0n) is 16.0. The zero-order chi connectivity index (χ0) is 20.5. The molecule has 1 amide bonds. The van der Waals surface area contributed by atoms with Crippen LogP contribution >= 0.6 is 0 Å². The van der Waals surface area contributed by atoms with Crippen LogP contribution in [0.15, 0.2) is 53.4 Å². The Labute approximate surface area is 164 Å². The minimum absolute atomic E-state index is 0.0758. The van der Waals surface area contributed by atoms with E-state index in [9.17, 15) is 18.0 Å². The summed E-state index contributed by atoms with van der Waals surface area (Å²) in [7, 11) is -0.711. The number of esters is 1. The minimum atomic E-state index is -3.57. The van der Waals surface area contributed by atoms with E-state index in [1.807, 2.05) is 24.3 Å². The van der Waals surface area contributed by atoms with E-state index in [1.165, 1.54) is 45.3 Å².